The molecule has 0 radical (unpaired) electrons. The first-order chi connectivity index (χ1) is 8.17. The topological polar surface area (TPSA) is 49.3 Å². The summed E-state index contributed by atoms with van der Waals surface area (Å²) in [6.45, 7) is 4.35. The highest BCUT2D eigenvalue weighted by Crippen LogP contribution is 2.14. The second-order valence-electron chi connectivity index (χ2n) is 4.27. The maximum atomic E-state index is 10.7. The summed E-state index contributed by atoms with van der Waals surface area (Å²) >= 11 is 0. The van der Waals surface area contributed by atoms with Gasteiger partial charge >= 0.3 is 5.97 Å². The van der Waals surface area contributed by atoms with Crippen LogP contribution in [0.25, 0.3) is 0 Å². The minimum Gasteiger partial charge on any atom is -0.478 e. The van der Waals surface area contributed by atoms with Gasteiger partial charge in [0.05, 0.1) is 5.56 Å². The van der Waals surface area contributed by atoms with Gasteiger partial charge in [0.1, 0.15) is 0 Å². The predicted molar refractivity (Wildman–Crippen MR) is 70.6 cm³/mol. The zero-order valence-electron chi connectivity index (χ0n) is 10.6. The van der Waals surface area contributed by atoms with Crippen molar-refractivity contribution >= 4 is 11.7 Å². The van der Waals surface area contributed by atoms with Crippen molar-refractivity contribution in [1.29, 1.82) is 0 Å². The molecule has 1 atom stereocenters. The molecule has 0 heterocycles. The van der Waals surface area contributed by atoms with Crippen molar-refractivity contribution in [3.63, 3.8) is 0 Å². The molecule has 3 heteroatoms. The fourth-order valence-corrected chi connectivity index (χ4v) is 1.77. The molecule has 0 spiro atoms. The van der Waals surface area contributed by atoms with Gasteiger partial charge in [0.15, 0.2) is 0 Å². The van der Waals surface area contributed by atoms with E-state index in [1.54, 1.807) is 12.1 Å². The lowest BCUT2D eigenvalue weighted by molar-refractivity contribution is 0.0697. The van der Waals surface area contributed by atoms with E-state index in [2.05, 4.69) is 19.2 Å². The Balaban J connectivity index is 2.57. The van der Waals surface area contributed by atoms with Gasteiger partial charge in [-0.15, -0.1) is 0 Å². The maximum Gasteiger partial charge on any atom is 0.335 e. The van der Waals surface area contributed by atoms with Gasteiger partial charge < -0.3 is 10.4 Å². The molecule has 94 valence electrons. The summed E-state index contributed by atoms with van der Waals surface area (Å²) in [4.78, 5) is 10.7. The SMILES string of the molecule is CCCCC(CC)Nc1ccc(C(=O)O)cc1. The molecule has 0 aliphatic heterocycles. The van der Waals surface area contributed by atoms with Crippen LogP contribution in [0.5, 0.6) is 0 Å². The molecular weight excluding hydrogens is 214 g/mol. The summed E-state index contributed by atoms with van der Waals surface area (Å²) in [7, 11) is 0. The van der Waals surface area contributed by atoms with Crippen molar-refractivity contribution in [2.45, 2.75) is 45.6 Å². The highest BCUT2D eigenvalue weighted by Gasteiger charge is 2.06. The van der Waals surface area contributed by atoms with Crippen LogP contribution < -0.4 is 5.32 Å². The monoisotopic (exact) mass is 235 g/mol. The smallest absolute Gasteiger partial charge is 0.335 e. The van der Waals surface area contributed by atoms with E-state index >= 15 is 0 Å². The summed E-state index contributed by atoms with van der Waals surface area (Å²) in [5.74, 6) is -0.880. The Labute approximate surface area is 103 Å². The van der Waals surface area contributed by atoms with Crippen LogP contribution >= 0.6 is 0 Å². The lowest BCUT2D eigenvalue weighted by atomic mass is 10.1. The Hall–Kier alpha value is -1.51. The number of nitrogens with one attached hydrogen (secondary N) is 1. The van der Waals surface area contributed by atoms with E-state index in [-0.39, 0.29) is 0 Å². The van der Waals surface area contributed by atoms with Crippen molar-refractivity contribution in [2.75, 3.05) is 5.32 Å². The van der Waals surface area contributed by atoms with Gasteiger partial charge in [0.25, 0.3) is 0 Å². The minimum absolute atomic E-state index is 0.331. The number of rotatable bonds is 7. The number of carbonyl (C=O) groups is 1. The number of hydrogen-bond donors (Lipinski definition) is 2. The molecule has 1 aromatic rings. The summed E-state index contributed by atoms with van der Waals surface area (Å²) in [6, 6.07) is 7.41. The van der Waals surface area contributed by atoms with Gasteiger partial charge in [-0.2, -0.15) is 0 Å². The molecule has 0 aliphatic carbocycles. The molecule has 17 heavy (non-hydrogen) atoms. The number of unbranched alkanes of at least 4 members (excludes halogenated alkanes) is 1. The van der Waals surface area contributed by atoms with Gasteiger partial charge in [-0.3, -0.25) is 0 Å². The van der Waals surface area contributed by atoms with Crippen molar-refractivity contribution in [3.8, 4) is 0 Å². The van der Waals surface area contributed by atoms with E-state index in [9.17, 15) is 4.79 Å². The van der Waals surface area contributed by atoms with Crippen LogP contribution in [0.1, 0.15) is 49.9 Å². The van der Waals surface area contributed by atoms with E-state index in [4.69, 9.17) is 5.11 Å². The first kappa shape index (κ1) is 13.6. The lowest BCUT2D eigenvalue weighted by Gasteiger charge is -2.18. The Kier molecular flexibility index (Phi) is 5.53. The quantitative estimate of drug-likeness (QED) is 0.756. The number of hydrogen-bond acceptors (Lipinski definition) is 2. The van der Waals surface area contributed by atoms with Crippen LogP contribution in [0, 0.1) is 0 Å². The molecule has 0 amide bonds. The molecule has 1 unspecified atom stereocenters. The van der Waals surface area contributed by atoms with Gasteiger partial charge in [0, 0.05) is 11.7 Å². The molecule has 0 saturated heterocycles. The largest absolute Gasteiger partial charge is 0.478 e. The molecule has 0 fully saturated rings. The third kappa shape index (κ3) is 4.47. The molecule has 0 saturated carbocycles. The number of benzene rings is 1. The number of anilines is 1. The lowest BCUT2D eigenvalue weighted by Crippen LogP contribution is -2.18. The third-order valence-electron chi connectivity index (χ3n) is 2.90. The highest BCUT2D eigenvalue weighted by molar-refractivity contribution is 5.87. The molecular formula is C14H21NO2. The number of carboxylic acid groups (broad SMARTS) is 1. The van der Waals surface area contributed by atoms with E-state index in [1.807, 2.05) is 12.1 Å². The van der Waals surface area contributed by atoms with Gasteiger partial charge in [-0.1, -0.05) is 26.7 Å². The van der Waals surface area contributed by atoms with E-state index in [1.165, 1.54) is 12.8 Å². The van der Waals surface area contributed by atoms with Gasteiger partial charge in [-0.05, 0) is 37.1 Å². The van der Waals surface area contributed by atoms with Gasteiger partial charge in [0.2, 0.25) is 0 Å². The first-order valence-corrected chi connectivity index (χ1v) is 6.27. The molecule has 3 nitrogen and oxygen atoms in total. The standard InChI is InChI=1S/C14H21NO2/c1-3-5-6-12(4-2)15-13-9-7-11(8-10-13)14(16)17/h7-10,12,15H,3-6H2,1-2H3,(H,16,17). The van der Waals surface area contributed by atoms with Crippen LogP contribution in [-0.2, 0) is 0 Å². The van der Waals surface area contributed by atoms with Crippen LogP contribution in [0.4, 0.5) is 5.69 Å². The molecule has 1 rings (SSSR count). The van der Waals surface area contributed by atoms with Crippen molar-refractivity contribution in [2.24, 2.45) is 0 Å². The second kappa shape index (κ2) is 6.94. The Morgan fingerprint density at radius 2 is 1.94 bits per heavy atom. The van der Waals surface area contributed by atoms with Crippen LogP contribution in [-0.4, -0.2) is 17.1 Å². The maximum absolute atomic E-state index is 10.7. The van der Waals surface area contributed by atoms with Crippen LogP contribution in [0.15, 0.2) is 24.3 Å². The normalized spacial score (nSPS) is 12.1. The molecule has 1 aromatic carbocycles. The Morgan fingerprint density at radius 3 is 2.41 bits per heavy atom. The first-order valence-electron chi connectivity index (χ1n) is 6.27. The zero-order chi connectivity index (χ0) is 12.7. The fraction of sp³-hybridized carbons (Fsp3) is 0.500. The van der Waals surface area contributed by atoms with Gasteiger partial charge in [-0.25, -0.2) is 4.79 Å². The van der Waals surface area contributed by atoms with Crippen molar-refractivity contribution < 1.29 is 9.90 Å². The summed E-state index contributed by atoms with van der Waals surface area (Å²) < 4.78 is 0. The summed E-state index contributed by atoms with van der Waals surface area (Å²) in [6.07, 6.45) is 4.67. The zero-order valence-corrected chi connectivity index (χ0v) is 10.6. The fourth-order valence-electron chi connectivity index (χ4n) is 1.77. The molecule has 0 aliphatic rings. The van der Waals surface area contributed by atoms with Crippen LogP contribution in [0.3, 0.4) is 0 Å². The number of aromatic carboxylic acids is 1. The van der Waals surface area contributed by atoms with E-state index in [0.29, 0.717) is 11.6 Å². The average Bonchev–Trinajstić information content (AvgIpc) is 2.35. The third-order valence-corrected chi connectivity index (χ3v) is 2.90. The molecule has 0 bridgehead atoms. The average molecular weight is 235 g/mol. The second-order valence-corrected chi connectivity index (χ2v) is 4.27. The van der Waals surface area contributed by atoms with Crippen molar-refractivity contribution in [3.05, 3.63) is 29.8 Å². The number of carboxylic acids is 1. The highest BCUT2D eigenvalue weighted by atomic mass is 16.4. The minimum atomic E-state index is -0.880. The molecule has 2 N–H and O–H groups in total. The Morgan fingerprint density at radius 1 is 1.29 bits per heavy atom. The Bertz CT molecular complexity index is 346. The van der Waals surface area contributed by atoms with Crippen molar-refractivity contribution in [1.82, 2.24) is 0 Å². The van der Waals surface area contributed by atoms with E-state index < -0.39 is 5.97 Å². The summed E-state index contributed by atoms with van der Waals surface area (Å²) in [5, 5.41) is 12.2. The van der Waals surface area contributed by atoms with Crippen LogP contribution in [0.2, 0.25) is 0 Å². The van der Waals surface area contributed by atoms with E-state index in [0.717, 1.165) is 18.5 Å². The molecule has 0 aromatic heterocycles. The predicted octanol–water partition coefficient (Wildman–Crippen LogP) is 3.77. The summed E-state index contributed by atoms with van der Waals surface area (Å²) in [5.41, 5.74) is 1.33.